The predicted molar refractivity (Wildman–Crippen MR) is 85.0 cm³/mol. The Morgan fingerprint density at radius 3 is 2.81 bits per heavy atom. The molecule has 0 aliphatic carbocycles. The number of carbonyl (C=O) groups is 1. The van der Waals surface area contributed by atoms with Crippen molar-refractivity contribution in [1.82, 2.24) is 9.55 Å². The highest BCUT2D eigenvalue weighted by Crippen LogP contribution is 2.37. The van der Waals surface area contributed by atoms with E-state index in [0.717, 1.165) is 27.0 Å². The van der Waals surface area contributed by atoms with Crippen LogP contribution in [0.25, 0.3) is 5.69 Å². The van der Waals surface area contributed by atoms with Gasteiger partial charge in [-0.15, -0.1) is 23.1 Å². The van der Waals surface area contributed by atoms with Crippen LogP contribution in [-0.2, 0) is 4.79 Å². The second-order valence-electron chi connectivity index (χ2n) is 4.69. The molecule has 0 saturated carbocycles. The molecule has 2 heterocycles. The maximum absolute atomic E-state index is 11.9. The highest BCUT2D eigenvalue weighted by Gasteiger charge is 2.21. The van der Waals surface area contributed by atoms with Crippen molar-refractivity contribution >= 4 is 34.9 Å². The molecule has 3 N–H and O–H groups in total. The molecule has 2 rings (SSSR count). The maximum Gasteiger partial charge on any atom is 0.354 e. The van der Waals surface area contributed by atoms with Gasteiger partial charge < -0.3 is 10.8 Å². The number of nitrogens with two attached hydrogens (primary N) is 1. The lowest BCUT2D eigenvalue weighted by Crippen LogP contribution is -2.17. The fraction of sp³-hybridized carbons (Fsp3) is 0.462. The van der Waals surface area contributed by atoms with Gasteiger partial charge in [-0.3, -0.25) is 9.36 Å². The van der Waals surface area contributed by atoms with Gasteiger partial charge in [0.1, 0.15) is 5.69 Å². The number of carboxylic acids is 1. The average Bonchev–Trinajstić information content (AvgIpc) is 2.70. The molecule has 0 amide bonds. The number of nitrogen functional groups attached to an aromatic ring is 1. The number of fused-ring (bicyclic) bond motifs is 1. The second kappa shape index (κ2) is 6.48. The van der Waals surface area contributed by atoms with Crippen molar-refractivity contribution in [2.45, 2.75) is 37.3 Å². The minimum atomic E-state index is -0.771. The number of aromatic nitrogens is 2. The van der Waals surface area contributed by atoms with Crippen molar-refractivity contribution in [3.05, 3.63) is 21.1 Å². The first-order chi connectivity index (χ1) is 9.91. The average molecular weight is 327 g/mol. The Balaban J connectivity index is 2.18. The zero-order valence-corrected chi connectivity index (χ0v) is 13.5. The number of unbranched alkanes of at least 4 members (excludes halogenated alkanes) is 1. The standard InChI is InChI=1S/C13H17N3O3S2/c1-7-8(2)21-12(20-6-4-3-5-9(17)18)10-11(14)15-13(19)16(7)10/h3-6H2,1-2H3,(H,17,18)(H2,14,15,19). The van der Waals surface area contributed by atoms with Crippen molar-refractivity contribution in [2.24, 2.45) is 0 Å². The maximum atomic E-state index is 11.9. The van der Waals surface area contributed by atoms with E-state index in [4.69, 9.17) is 10.8 Å². The lowest BCUT2D eigenvalue weighted by Gasteiger charge is -2.14. The molecule has 0 radical (unpaired) electrons. The van der Waals surface area contributed by atoms with Crippen LogP contribution in [0.2, 0.25) is 0 Å². The largest absolute Gasteiger partial charge is 0.481 e. The van der Waals surface area contributed by atoms with Gasteiger partial charge in [-0.1, -0.05) is 0 Å². The van der Waals surface area contributed by atoms with Crippen molar-refractivity contribution in [1.29, 1.82) is 0 Å². The second-order valence-corrected chi connectivity index (χ2v) is 7.28. The number of imidazole rings is 1. The predicted octanol–water partition coefficient (Wildman–Crippen LogP) is 2.28. The van der Waals surface area contributed by atoms with Gasteiger partial charge in [-0.25, -0.2) is 4.79 Å². The molecule has 21 heavy (non-hydrogen) atoms. The molecule has 0 aromatic rings. The third kappa shape index (κ3) is 3.38. The number of aryl methyl sites for hydroxylation is 1. The highest BCUT2D eigenvalue weighted by atomic mass is 32.2. The van der Waals surface area contributed by atoms with Gasteiger partial charge in [0.05, 0.1) is 4.21 Å². The lowest BCUT2D eigenvalue weighted by molar-refractivity contribution is -0.137. The van der Waals surface area contributed by atoms with Gasteiger partial charge in [-0.05, 0) is 32.4 Å². The van der Waals surface area contributed by atoms with Crippen LogP contribution in [0.3, 0.4) is 0 Å². The molecule has 2 aliphatic heterocycles. The quantitative estimate of drug-likeness (QED) is 0.624. The van der Waals surface area contributed by atoms with Crippen LogP contribution in [0, 0.1) is 13.8 Å². The molecule has 0 spiro atoms. The van der Waals surface area contributed by atoms with Gasteiger partial charge in [0, 0.05) is 17.0 Å². The number of thioether (sulfide) groups is 1. The Labute approximate surface area is 130 Å². The normalized spacial score (nSPS) is 11.1. The number of aliphatic carboxylic acids is 1. The first-order valence-electron chi connectivity index (χ1n) is 6.54. The molecular formula is C13H17N3O3S2. The van der Waals surface area contributed by atoms with Crippen LogP contribution in [0.5, 0.6) is 0 Å². The number of nitrogens with zero attached hydrogens (tertiary/aromatic N) is 2. The lowest BCUT2D eigenvalue weighted by atomic mass is 10.3. The Morgan fingerprint density at radius 1 is 1.43 bits per heavy atom. The SMILES string of the molecule is Cc1sc(SCCCCC(=O)O)c2c(N)nc(=O)n-2c1C. The fourth-order valence-corrected chi connectivity index (χ4v) is 4.52. The van der Waals surface area contributed by atoms with E-state index in [1.807, 2.05) is 13.8 Å². The molecule has 0 saturated heterocycles. The minimum absolute atomic E-state index is 0.186. The smallest absolute Gasteiger partial charge is 0.354 e. The van der Waals surface area contributed by atoms with Crippen LogP contribution in [0.1, 0.15) is 29.8 Å². The summed E-state index contributed by atoms with van der Waals surface area (Å²) in [7, 11) is 0. The van der Waals surface area contributed by atoms with E-state index >= 15 is 0 Å². The summed E-state index contributed by atoms with van der Waals surface area (Å²) in [5, 5.41) is 8.61. The molecule has 0 aromatic heterocycles. The van der Waals surface area contributed by atoms with E-state index in [2.05, 4.69) is 4.98 Å². The van der Waals surface area contributed by atoms with Gasteiger partial charge in [0.25, 0.3) is 0 Å². The molecule has 0 bridgehead atoms. The number of hydrogen-bond donors (Lipinski definition) is 2. The molecule has 0 atom stereocenters. The van der Waals surface area contributed by atoms with Crippen LogP contribution in [0.4, 0.5) is 5.82 Å². The molecule has 0 fully saturated rings. The van der Waals surface area contributed by atoms with Crippen LogP contribution in [-0.4, -0.2) is 26.4 Å². The number of carboxylic acid groups (broad SMARTS) is 1. The first kappa shape index (κ1) is 15.8. The molecule has 2 aliphatic rings. The molecule has 114 valence electrons. The summed E-state index contributed by atoms with van der Waals surface area (Å²) < 4.78 is 2.52. The zero-order chi connectivity index (χ0) is 15.6. The van der Waals surface area contributed by atoms with Crippen LogP contribution < -0.4 is 11.4 Å². The van der Waals surface area contributed by atoms with E-state index in [0.29, 0.717) is 12.1 Å². The van der Waals surface area contributed by atoms with E-state index in [-0.39, 0.29) is 17.9 Å². The Morgan fingerprint density at radius 2 is 2.14 bits per heavy atom. The molecule has 0 unspecified atom stereocenters. The van der Waals surface area contributed by atoms with Crippen molar-refractivity contribution in [2.75, 3.05) is 11.5 Å². The Hall–Kier alpha value is -1.54. The van der Waals surface area contributed by atoms with Crippen molar-refractivity contribution in [3.63, 3.8) is 0 Å². The highest BCUT2D eigenvalue weighted by molar-refractivity contribution is 8.01. The van der Waals surface area contributed by atoms with Gasteiger partial charge in [0.15, 0.2) is 5.82 Å². The van der Waals surface area contributed by atoms with E-state index in [1.54, 1.807) is 27.7 Å². The topological polar surface area (TPSA) is 98.2 Å². The minimum Gasteiger partial charge on any atom is -0.481 e. The van der Waals surface area contributed by atoms with Crippen molar-refractivity contribution < 1.29 is 9.90 Å². The van der Waals surface area contributed by atoms with Crippen molar-refractivity contribution in [3.8, 4) is 5.69 Å². The molecule has 0 aromatic carbocycles. The summed E-state index contributed by atoms with van der Waals surface area (Å²) in [4.78, 5) is 27.2. The zero-order valence-electron chi connectivity index (χ0n) is 11.9. The summed E-state index contributed by atoms with van der Waals surface area (Å²) in [5.74, 6) is 0.278. The van der Waals surface area contributed by atoms with E-state index in [9.17, 15) is 9.59 Å². The monoisotopic (exact) mass is 327 g/mol. The van der Waals surface area contributed by atoms with Gasteiger partial charge >= 0.3 is 11.7 Å². The summed E-state index contributed by atoms with van der Waals surface area (Å²) in [6.07, 6.45) is 1.64. The molecule has 6 nitrogen and oxygen atoms in total. The summed E-state index contributed by atoms with van der Waals surface area (Å²) in [6, 6.07) is 0. The summed E-state index contributed by atoms with van der Waals surface area (Å²) in [5.41, 5.74) is 7.04. The van der Waals surface area contributed by atoms with Gasteiger partial charge in [-0.2, -0.15) is 4.98 Å². The number of anilines is 1. The first-order valence-corrected chi connectivity index (χ1v) is 8.35. The Kier molecular flexibility index (Phi) is 4.89. The summed E-state index contributed by atoms with van der Waals surface area (Å²) >= 11 is 3.19. The molecule has 8 heteroatoms. The number of rotatable bonds is 6. The molecular weight excluding hydrogens is 310 g/mol. The summed E-state index contributed by atoms with van der Waals surface area (Å²) in [6.45, 7) is 3.84. The third-order valence-electron chi connectivity index (χ3n) is 3.18. The van der Waals surface area contributed by atoms with Crippen LogP contribution in [0.15, 0.2) is 9.00 Å². The third-order valence-corrected chi connectivity index (χ3v) is 5.71. The van der Waals surface area contributed by atoms with E-state index < -0.39 is 5.97 Å². The Bertz CT molecular complexity index is 693. The number of hydrogen-bond acceptors (Lipinski definition) is 6. The van der Waals surface area contributed by atoms with Crippen LogP contribution >= 0.6 is 23.1 Å². The van der Waals surface area contributed by atoms with E-state index in [1.165, 1.54) is 0 Å². The fourth-order valence-electron chi connectivity index (χ4n) is 1.98. The van der Waals surface area contributed by atoms with Gasteiger partial charge in [0.2, 0.25) is 0 Å².